The van der Waals surface area contributed by atoms with E-state index in [1.165, 1.54) is 12.8 Å². The Kier molecular flexibility index (Phi) is 4.19. The van der Waals surface area contributed by atoms with Gasteiger partial charge in [-0.15, -0.1) is 0 Å². The molecule has 0 radical (unpaired) electrons. The van der Waals surface area contributed by atoms with Gasteiger partial charge in [0, 0.05) is 32.2 Å². The topological polar surface area (TPSA) is 44.7 Å². The van der Waals surface area contributed by atoms with Crippen LogP contribution >= 0.6 is 0 Å². The van der Waals surface area contributed by atoms with Crippen LogP contribution in [-0.4, -0.2) is 60.5 Å². The lowest BCUT2D eigenvalue weighted by molar-refractivity contribution is -0.0762. The van der Waals surface area contributed by atoms with Crippen LogP contribution in [0.5, 0.6) is 0 Å². The first-order chi connectivity index (χ1) is 7.63. The smallest absolute Gasteiger partial charge is 0.0791 e. The van der Waals surface area contributed by atoms with Crippen molar-refractivity contribution in [2.75, 3.05) is 26.2 Å². The van der Waals surface area contributed by atoms with Crippen LogP contribution in [0.2, 0.25) is 0 Å². The molecule has 0 bridgehead atoms. The van der Waals surface area contributed by atoms with Crippen molar-refractivity contribution in [1.29, 1.82) is 0 Å². The van der Waals surface area contributed by atoms with Gasteiger partial charge in [0.05, 0.1) is 18.3 Å². The van der Waals surface area contributed by atoms with Gasteiger partial charge in [-0.3, -0.25) is 4.90 Å². The molecule has 16 heavy (non-hydrogen) atoms. The zero-order valence-electron chi connectivity index (χ0n) is 10.4. The molecule has 0 aromatic heterocycles. The zero-order valence-corrected chi connectivity index (χ0v) is 10.4. The Morgan fingerprint density at radius 3 is 2.50 bits per heavy atom. The molecule has 2 aliphatic rings. The summed E-state index contributed by atoms with van der Waals surface area (Å²) >= 11 is 0. The summed E-state index contributed by atoms with van der Waals surface area (Å²) in [6, 6.07) is 0.678. The zero-order chi connectivity index (χ0) is 11.5. The van der Waals surface area contributed by atoms with E-state index in [0.717, 1.165) is 26.2 Å². The molecule has 2 N–H and O–H groups in total. The van der Waals surface area contributed by atoms with Crippen molar-refractivity contribution in [1.82, 2.24) is 10.2 Å². The fourth-order valence-electron chi connectivity index (χ4n) is 2.39. The standard InChI is InChI=1S/C12H24N2O2/c1-9-6-14(7-10(2)16-9)8-12(15)5-13-11-3-4-11/h9-13,15H,3-8H2,1-2H3/t9-,10+,12-/m0/s1. The Morgan fingerprint density at radius 1 is 1.31 bits per heavy atom. The molecule has 4 nitrogen and oxygen atoms in total. The summed E-state index contributed by atoms with van der Waals surface area (Å²) < 4.78 is 5.67. The van der Waals surface area contributed by atoms with Crippen molar-refractivity contribution in [3.05, 3.63) is 0 Å². The summed E-state index contributed by atoms with van der Waals surface area (Å²) in [6.07, 6.45) is 2.87. The Hall–Kier alpha value is -0.160. The second-order valence-corrected chi connectivity index (χ2v) is 5.31. The Labute approximate surface area is 98.0 Å². The number of hydrogen-bond acceptors (Lipinski definition) is 4. The largest absolute Gasteiger partial charge is 0.390 e. The number of nitrogens with one attached hydrogen (secondary N) is 1. The van der Waals surface area contributed by atoms with Crippen LogP contribution in [0, 0.1) is 0 Å². The molecular weight excluding hydrogens is 204 g/mol. The Morgan fingerprint density at radius 2 is 1.94 bits per heavy atom. The second-order valence-electron chi connectivity index (χ2n) is 5.31. The summed E-state index contributed by atoms with van der Waals surface area (Å²) in [5.41, 5.74) is 0. The average molecular weight is 228 g/mol. The molecule has 2 fully saturated rings. The average Bonchev–Trinajstić information content (AvgIpc) is 2.96. The molecule has 2 rings (SSSR count). The minimum Gasteiger partial charge on any atom is -0.390 e. The van der Waals surface area contributed by atoms with Crippen molar-refractivity contribution in [2.45, 2.75) is 51.0 Å². The third kappa shape index (κ3) is 4.01. The lowest BCUT2D eigenvalue weighted by Crippen LogP contribution is -2.49. The Balaban J connectivity index is 1.66. The maximum atomic E-state index is 9.91. The molecule has 4 heteroatoms. The highest BCUT2D eigenvalue weighted by molar-refractivity contribution is 4.83. The molecule has 0 unspecified atom stereocenters. The highest BCUT2D eigenvalue weighted by Crippen LogP contribution is 2.18. The maximum absolute atomic E-state index is 9.91. The monoisotopic (exact) mass is 228 g/mol. The maximum Gasteiger partial charge on any atom is 0.0791 e. The number of morpholine rings is 1. The van der Waals surface area contributed by atoms with Crippen LogP contribution in [0.4, 0.5) is 0 Å². The van der Waals surface area contributed by atoms with Gasteiger partial charge < -0.3 is 15.2 Å². The van der Waals surface area contributed by atoms with Gasteiger partial charge in [-0.2, -0.15) is 0 Å². The van der Waals surface area contributed by atoms with E-state index in [2.05, 4.69) is 24.1 Å². The lowest BCUT2D eigenvalue weighted by atomic mass is 10.2. The van der Waals surface area contributed by atoms with Gasteiger partial charge in [0.25, 0.3) is 0 Å². The highest BCUT2D eigenvalue weighted by Gasteiger charge is 2.25. The fourth-order valence-corrected chi connectivity index (χ4v) is 2.39. The van der Waals surface area contributed by atoms with Gasteiger partial charge in [-0.1, -0.05) is 0 Å². The predicted octanol–water partition coefficient (Wildman–Crippen LogP) is 0.209. The van der Waals surface area contributed by atoms with Crippen molar-refractivity contribution in [3.63, 3.8) is 0 Å². The SMILES string of the molecule is C[C@@H]1CN(C[C@@H](O)CNC2CC2)C[C@H](C)O1. The molecule has 1 saturated heterocycles. The molecule has 1 aliphatic heterocycles. The summed E-state index contributed by atoms with van der Waals surface area (Å²) in [6.45, 7) is 7.55. The van der Waals surface area contributed by atoms with Gasteiger partial charge in [0.1, 0.15) is 0 Å². The number of ether oxygens (including phenoxy) is 1. The molecule has 1 saturated carbocycles. The van der Waals surface area contributed by atoms with E-state index in [1.807, 2.05) is 0 Å². The number of β-amino-alcohol motifs (C(OH)–C–C–N with tert-alkyl or cyclic N) is 1. The molecule has 1 aliphatic carbocycles. The van der Waals surface area contributed by atoms with E-state index < -0.39 is 0 Å². The molecule has 0 spiro atoms. The number of aliphatic hydroxyl groups excluding tert-OH is 1. The molecule has 0 aromatic rings. The number of hydrogen-bond donors (Lipinski definition) is 2. The van der Waals surface area contributed by atoms with Crippen LogP contribution in [0.15, 0.2) is 0 Å². The summed E-state index contributed by atoms with van der Waals surface area (Å²) in [7, 11) is 0. The predicted molar refractivity (Wildman–Crippen MR) is 63.5 cm³/mol. The lowest BCUT2D eigenvalue weighted by Gasteiger charge is -2.36. The van der Waals surface area contributed by atoms with E-state index in [4.69, 9.17) is 4.74 Å². The fraction of sp³-hybridized carbons (Fsp3) is 1.00. The number of nitrogens with zero attached hydrogens (tertiary/aromatic N) is 1. The van der Waals surface area contributed by atoms with Crippen molar-refractivity contribution >= 4 is 0 Å². The van der Waals surface area contributed by atoms with Crippen LogP contribution in [-0.2, 0) is 4.74 Å². The van der Waals surface area contributed by atoms with Gasteiger partial charge in [-0.25, -0.2) is 0 Å². The minimum absolute atomic E-state index is 0.252. The normalized spacial score (nSPS) is 33.9. The van der Waals surface area contributed by atoms with Crippen molar-refractivity contribution in [2.24, 2.45) is 0 Å². The minimum atomic E-state index is -0.252. The van der Waals surface area contributed by atoms with E-state index in [1.54, 1.807) is 0 Å². The van der Waals surface area contributed by atoms with Crippen LogP contribution in [0.1, 0.15) is 26.7 Å². The molecule has 0 amide bonds. The van der Waals surface area contributed by atoms with Gasteiger partial charge >= 0.3 is 0 Å². The summed E-state index contributed by atoms with van der Waals surface area (Å²) in [5, 5.41) is 13.3. The Bertz CT molecular complexity index is 211. The first kappa shape index (κ1) is 12.3. The van der Waals surface area contributed by atoms with Crippen LogP contribution < -0.4 is 5.32 Å². The van der Waals surface area contributed by atoms with Crippen molar-refractivity contribution < 1.29 is 9.84 Å². The van der Waals surface area contributed by atoms with Crippen LogP contribution in [0.3, 0.4) is 0 Å². The molecule has 1 heterocycles. The van der Waals surface area contributed by atoms with Gasteiger partial charge in [0.2, 0.25) is 0 Å². The summed E-state index contributed by atoms with van der Waals surface area (Å²) in [4.78, 5) is 2.30. The molecule has 0 aromatic carbocycles. The van der Waals surface area contributed by atoms with E-state index in [0.29, 0.717) is 6.04 Å². The first-order valence-electron chi connectivity index (χ1n) is 6.42. The summed E-state index contributed by atoms with van der Waals surface area (Å²) in [5.74, 6) is 0. The molecule has 3 atom stereocenters. The number of aliphatic hydroxyl groups is 1. The first-order valence-corrected chi connectivity index (χ1v) is 6.42. The van der Waals surface area contributed by atoms with Crippen molar-refractivity contribution in [3.8, 4) is 0 Å². The second kappa shape index (κ2) is 5.45. The quantitative estimate of drug-likeness (QED) is 0.706. The molecule has 94 valence electrons. The van der Waals surface area contributed by atoms with Gasteiger partial charge in [0.15, 0.2) is 0 Å². The van der Waals surface area contributed by atoms with E-state index in [9.17, 15) is 5.11 Å². The van der Waals surface area contributed by atoms with Gasteiger partial charge in [-0.05, 0) is 26.7 Å². The van der Waals surface area contributed by atoms with E-state index >= 15 is 0 Å². The highest BCUT2D eigenvalue weighted by atomic mass is 16.5. The molecular formula is C12H24N2O2. The van der Waals surface area contributed by atoms with Crippen LogP contribution in [0.25, 0.3) is 0 Å². The third-order valence-corrected chi connectivity index (χ3v) is 3.18. The van der Waals surface area contributed by atoms with E-state index in [-0.39, 0.29) is 18.3 Å². The third-order valence-electron chi connectivity index (χ3n) is 3.18. The number of rotatable bonds is 5.